The van der Waals surface area contributed by atoms with Crippen LogP contribution in [-0.4, -0.2) is 23.1 Å². The summed E-state index contributed by atoms with van der Waals surface area (Å²) in [5.74, 6) is 2.09. The monoisotopic (exact) mass is 299 g/mol. The smallest absolute Gasteiger partial charge is 0.0486 e. The van der Waals surface area contributed by atoms with Gasteiger partial charge in [-0.1, -0.05) is 36.6 Å². The zero-order valence-corrected chi connectivity index (χ0v) is 13.0. The van der Waals surface area contributed by atoms with Gasteiger partial charge in [0.25, 0.3) is 0 Å². The highest BCUT2D eigenvalue weighted by atomic mass is 35.5. The number of nitrogens with one attached hydrogen (secondary N) is 1. The molecule has 0 radical (unpaired) electrons. The second-order valence-electron chi connectivity index (χ2n) is 5.32. The van der Waals surface area contributed by atoms with Crippen LogP contribution in [0, 0.1) is 5.92 Å². The Kier molecular flexibility index (Phi) is 5.86. The summed E-state index contributed by atoms with van der Waals surface area (Å²) in [6, 6.07) is 8.05. The summed E-state index contributed by atoms with van der Waals surface area (Å²) in [5.41, 5.74) is 1.10. The Morgan fingerprint density at radius 3 is 2.53 bits per heavy atom. The van der Waals surface area contributed by atoms with Crippen LogP contribution >= 0.6 is 11.6 Å². The Bertz CT molecular complexity index is 415. The maximum absolute atomic E-state index is 12.3. The Morgan fingerprint density at radius 1 is 1.32 bits per heavy atom. The third-order valence-corrected chi connectivity index (χ3v) is 5.58. The van der Waals surface area contributed by atoms with Crippen LogP contribution in [0.15, 0.2) is 24.3 Å². The molecule has 19 heavy (non-hydrogen) atoms. The first-order valence-electron chi connectivity index (χ1n) is 6.95. The van der Waals surface area contributed by atoms with Crippen LogP contribution in [0.3, 0.4) is 0 Å². The standard InChI is InChI=1S/C15H22ClNOS/c1-17-15(13-4-2-3-5-13)11-19(18)10-12-6-8-14(16)9-7-12/h6-9,13,15,17H,2-5,10-11H2,1H3. The molecule has 0 heterocycles. The molecule has 0 spiro atoms. The predicted octanol–water partition coefficient (Wildman–Crippen LogP) is 3.37. The summed E-state index contributed by atoms with van der Waals surface area (Å²) >= 11 is 5.86. The molecule has 1 saturated carbocycles. The van der Waals surface area contributed by atoms with Gasteiger partial charge in [0.15, 0.2) is 0 Å². The van der Waals surface area contributed by atoms with Crippen LogP contribution < -0.4 is 5.32 Å². The molecule has 2 rings (SSSR count). The van der Waals surface area contributed by atoms with Crippen molar-refractivity contribution >= 4 is 22.4 Å². The van der Waals surface area contributed by atoms with Crippen molar-refractivity contribution in [2.24, 2.45) is 5.92 Å². The minimum Gasteiger partial charge on any atom is -0.316 e. The van der Waals surface area contributed by atoms with Crippen molar-refractivity contribution in [3.63, 3.8) is 0 Å². The van der Waals surface area contributed by atoms with Gasteiger partial charge in [-0.15, -0.1) is 0 Å². The lowest BCUT2D eigenvalue weighted by molar-refractivity contribution is 0.408. The van der Waals surface area contributed by atoms with Gasteiger partial charge >= 0.3 is 0 Å². The Labute approximate surface area is 123 Å². The first-order chi connectivity index (χ1) is 9.19. The van der Waals surface area contributed by atoms with E-state index >= 15 is 0 Å². The Balaban J connectivity index is 1.87. The van der Waals surface area contributed by atoms with Crippen molar-refractivity contribution in [2.45, 2.75) is 37.5 Å². The maximum Gasteiger partial charge on any atom is 0.0486 e. The summed E-state index contributed by atoms with van der Waals surface area (Å²) in [6.45, 7) is 0. The average molecular weight is 300 g/mol. The number of hydrogen-bond donors (Lipinski definition) is 1. The van der Waals surface area contributed by atoms with E-state index in [0.717, 1.165) is 16.3 Å². The molecule has 2 nitrogen and oxygen atoms in total. The lowest BCUT2D eigenvalue weighted by Crippen LogP contribution is -2.37. The molecule has 1 N–H and O–H groups in total. The maximum atomic E-state index is 12.3. The zero-order valence-electron chi connectivity index (χ0n) is 11.4. The molecule has 1 aliphatic carbocycles. The fraction of sp³-hybridized carbons (Fsp3) is 0.600. The van der Waals surface area contributed by atoms with Gasteiger partial charge in [0.05, 0.1) is 0 Å². The topological polar surface area (TPSA) is 29.1 Å². The predicted molar refractivity (Wildman–Crippen MR) is 83.0 cm³/mol. The normalized spacial score (nSPS) is 19.5. The van der Waals surface area contributed by atoms with E-state index in [1.807, 2.05) is 31.3 Å². The highest BCUT2D eigenvalue weighted by molar-refractivity contribution is 7.84. The van der Waals surface area contributed by atoms with Crippen LogP contribution in [0.2, 0.25) is 5.02 Å². The van der Waals surface area contributed by atoms with Gasteiger partial charge in [-0.05, 0) is 43.5 Å². The van der Waals surface area contributed by atoms with Crippen molar-refractivity contribution < 1.29 is 4.21 Å². The van der Waals surface area contributed by atoms with Gasteiger partial charge in [0, 0.05) is 33.4 Å². The van der Waals surface area contributed by atoms with Crippen molar-refractivity contribution in [3.8, 4) is 0 Å². The van der Waals surface area contributed by atoms with E-state index in [9.17, 15) is 4.21 Å². The van der Waals surface area contributed by atoms with E-state index < -0.39 is 10.8 Å². The van der Waals surface area contributed by atoms with Crippen LogP contribution in [0.1, 0.15) is 31.2 Å². The number of halogens is 1. The van der Waals surface area contributed by atoms with Crippen molar-refractivity contribution in [1.29, 1.82) is 0 Å². The lowest BCUT2D eigenvalue weighted by Gasteiger charge is -2.22. The lowest BCUT2D eigenvalue weighted by atomic mass is 10.0. The summed E-state index contributed by atoms with van der Waals surface area (Å²) in [5, 5.41) is 4.09. The second-order valence-corrected chi connectivity index (χ2v) is 7.26. The molecule has 1 aromatic rings. The van der Waals surface area contributed by atoms with E-state index in [1.165, 1.54) is 25.7 Å². The van der Waals surface area contributed by atoms with E-state index in [-0.39, 0.29) is 0 Å². The molecule has 2 atom stereocenters. The van der Waals surface area contributed by atoms with E-state index in [1.54, 1.807) is 0 Å². The highest BCUT2D eigenvalue weighted by Gasteiger charge is 2.25. The van der Waals surface area contributed by atoms with Crippen LogP contribution in [-0.2, 0) is 16.6 Å². The Morgan fingerprint density at radius 2 is 1.95 bits per heavy atom. The molecule has 1 fully saturated rings. The van der Waals surface area contributed by atoms with Crippen molar-refractivity contribution in [2.75, 3.05) is 12.8 Å². The largest absolute Gasteiger partial charge is 0.316 e. The van der Waals surface area contributed by atoms with Crippen molar-refractivity contribution in [1.82, 2.24) is 5.32 Å². The molecule has 1 aliphatic rings. The third-order valence-electron chi connectivity index (χ3n) is 3.95. The summed E-state index contributed by atoms with van der Waals surface area (Å²) in [6.07, 6.45) is 5.21. The number of benzene rings is 1. The van der Waals surface area contributed by atoms with E-state index in [0.29, 0.717) is 17.7 Å². The molecule has 0 bridgehead atoms. The number of rotatable bonds is 6. The molecular formula is C15H22ClNOS. The van der Waals surface area contributed by atoms with Gasteiger partial charge in [-0.3, -0.25) is 4.21 Å². The average Bonchev–Trinajstić information content (AvgIpc) is 2.92. The van der Waals surface area contributed by atoms with Gasteiger partial charge in [-0.25, -0.2) is 0 Å². The van der Waals surface area contributed by atoms with Crippen LogP contribution in [0.25, 0.3) is 0 Å². The summed E-state index contributed by atoms with van der Waals surface area (Å²) in [4.78, 5) is 0. The molecule has 0 amide bonds. The zero-order chi connectivity index (χ0) is 13.7. The molecule has 0 aliphatic heterocycles. The van der Waals surface area contributed by atoms with Crippen molar-refractivity contribution in [3.05, 3.63) is 34.9 Å². The highest BCUT2D eigenvalue weighted by Crippen LogP contribution is 2.28. The quantitative estimate of drug-likeness (QED) is 0.872. The van der Waals surface area contributed by atoms with Crippen LogP contribution in [0.4, 0.5) is 0 Å². The summed E-state index contributed by atoms with van der Waals surface area (Å²) in [7, 11) is 1.18. The third kappa shape index (κ3) is 4.59. The summed E-state index contributed by atoms with van der Waals surface area (Å²) < 4.78 is 12.3. The van der Waals surface area contributed by atoms with Gasteiger partial charge < -0.3 is 5.32 Å². The van der Waals surface area contributed by atoms with Gasteiger partial charge in [-0.2, -0.15) is 0 Å². The van der Waals surface area contributed by atoms with Gasteiger partial charge in [0.2, 0.25) is 0 Å². The SMILES string of the molecule is CNC(CS(=O)Cc1ccc(Cl)cc1)C1CCCC1. The molecule has 2 unspecified atom stereocenters. The first kappa shape index (κ1) is 15.0. The molecule has 0 saturated heterocycles. The minimum atomic E-state index is -0.809. The second kappa shape index (κ2) is 7.41. The molecule has 4 heteroatoms. The van der Waals surface area contributed by atoms with E-state index in [2.05, 4.69) is 5.32 Å². The molecule has 1 aromatic carbocycles. The Hall–Kier alpha value is -0.380. The molecular weight excluding hydrogens is 278 g/mol. The fourth-order valence-corrected chi connectivity index (χ4v) is 4.49. The molecule has 0 aromatic heterocycles. The number of hydrogen-bond acceptors (Lipinski definition) is 2. The minimum absolute atomic E-state index is 0.399. The fourth-order valence-electron chi connectivity index (χ4n) is 2.84. The molecule has 106 valence electrons. The first-order valence-corrected chi connectivity index (χ1v) is 8.82. The van der Waals surface area contributed by atoms with Gasteiger partial charge in [0.1, 0.15) is 0 Å². The van der Waals surface area contributed by atoms with Crippen LogP contribution in [0.5, 0.6) is 0 Å². The van der Waals surface area contributed by atoms with E-state index in [4.69, 9.17) is 11.6 Å².